The van der Waals surface area contributed by atoms with Gasteiger partial charge in [-0.1, -0.05) is 18.0 Å². The van der Waals surface area contributed by atoms with Gasteiger partial charge in [-0.05, 0) is 36.0 Å². The molecular weight excluding hydrogens is 302 g/mol. The molecular formula is C15H18N3O5+. The highest BCUT2D eigenvalue weighted by molar-refractivity contribution is 6.01. The SMILES string of the molecule is CCCCOC(=O)c1ccc(NC(=O)c2c(=O)o[nH][n+]2C)cc1. The number of ether oxygens (including phenoxy) is 1. The molecule has 122 valence electrons. The Morgan fingerprint density at radius 2 is 2.00 bits per heavy atom. The Hall–Kier alpha value is -2.90. The Bertz CT molecular complexity index is 745. The van der Waals surface area contributed by atoms with E-state index in [2.05, 4.69) is 15.1 Å². The summed E-state index contributed by atoms with van der Waals surface area (Å²) in [6, 6.07) is 6.21. The Morgan fingerprint density at radius 1 is 1.30 bits per heavy atom. The van der Waals surface area contributed by atoms with E-state index in [0.29, 0.717) is 17.9 Å². The number of hydrogen-bond donors (Lipinski definition) is 2. The lowest BCUT2D eigenvalue weighted by Gasteiger charge is -2.05. The number of carbonyl (C=O) groups excluding carboxylic acids is 2. The molecule has 1 aromatic heterocycles. The number of esters is 1. The Kier molecular flexibility index (Phi) is 5.29. The van der Waals surface area contributed by atoms with Crippen molar-refractivity contribution >= 4 is 17.6 Å². The van der Waals surface area contributed by atoms with Crippen LogP contribution in [0.25, 0.3) is 0 Å². The van der Waals surface area contributed by atoms with Crippen molar-refractivity contribution in [3.05, 3.63) is 45.9 Å². The monoisotopic (exact) mass is 320 g/mol. The van der Waals surface area contributed by atoms with Crippen molar-refractivity contribution in [1.29, 1.82) is 0 Å². The summed E-state index contributed by atoms with van der Waals surface area (Å²) in [7, 11) is 1.48. The second kappa shape index (κ2) is 7.39. The number of anilines is 1. The summed E-state index contributed by atoms with van der Waals surface area (Å²) in [4.78, 5) is 35.2. The van der Waals surface area contributed by atoms with Crippen molar-refractivity contribution in [3.8, 4) is 0 Å². The summed E-state index contributed by atoms with van der Waals surface area (Å²) in [5.74, 6) is -1.02. The van der Waals surface area contributed by atoms with Crippen LogP contribution in [-0.2, 0) is 11.8 Å². The molecule has 0 aliphatic rings. The highest BCUT2D eigenvalue weighted by Crippen LogP contribution is 2.11. The van der Waals surface area contributed by atoms with Crippen molar-refractivity contribution in [3.63, 3.8) is 0 Å². The first-order chi connectivity index (χ1) is 11.0. The molecule has 0 saturated carbocycles. The molecule has 0 spiro atoms. The molecule has 8 heteroatoms. The standard InChI is InChI=1S/C15H17N3O5/c1-3-4-9-22-14(20)10-5-7-11(8-6-10)16-13(19)12-15(21)23-17-18(12)2/h5-8H,3-4,9H2,1-2H3,(H-,16,17,19,20,21)/p+1. The minimum atomic E-state index is -0.763. The number of carbonyl (C=O) groups is 2. The van der Waals surface area contributed by atoms with Crippen molar-refractivity contribution in [1.82, 2.24) is 5.27 Å². The van der Waals surface area contributed by atoms with Crippen LogP contribution < -0.4 is 15.6 Å². The number of unbranched alkanes of at least 4 members (excludes halogenated alkanes) is 1. The van der Waals surface area contributed by atoms with Gasteiger partial charge in [0.05, 0.1) is 12.2 Å². The Balaban J connectivity index is 2.01. The minimum Gasteiger partial charge on any atom is -0.462 e. The summed E-state index contributed by atoms with van der Waals surface area (Å²) in [5.41, 5.74) is -0.0827. The van der Waals surface area contributed by atoms with E-state index in [1.807, 2.05) is 6.92 Å². The number of aryl methyl sites for hydroxylation is 1. The maximum absolute atomic E-state index is 12.0. The molecule has 2 rings (SSSR count). The van der Waals surface area contributed by atoms with Gasteiger partial charge in [-0.3, -0.25) is 9.32 Å². The lowest BCUT2D eigenvalue weighted by molar-refractivity contribution is -0.741. The van der Waals surface area contributed by atoms with E-state index >= 15 is 0 Å². The molecule has 1 aromatic carbocycles. The van der Waals surface area contributed by atoms with Crippen molar-refractivity contribution < 1.29 is 23.5 Å². The van der Waals surface area contributed by atoms with Crippen LogP contribution in [0.5, 0.6) is 0 Å². The number of nitrogens with one attached hydrogen (secondary N) is 2. The summed E-state index contributed by atoms with van der Waals surface area (Å²) in [5, 5.41) is 4.81. The van der Waals surface area contributed by atoms with Crippen molar-refractivity contribution in [2.24, 2.45) is 7.05 Å². The Morgan fingerprint density at radius 3 is 2.57 bits per heavy atom. The van der Waals surface area contributed by atoms with Gasteiger partial charge in [-0.2, -0.15) is 0 Å². The highest BCUT2D eigenvalue weighted by atomic mass is 16.5. The van der Waals surface area contributed by atoms with E-state index in [4.69, 9.17) is 4.74 Å². The fraction of sp³-hybridized carbons (Fsp3) is 0.333. The number of aromatic amines is 1. The lowest BCUT2D eigenvalue weighted by Crippen LogP contribution is -2.41. The largest absolute Gasteiger partial charge is 0.462 e. The summed E-state index contributed by atoms with van der Waals surface area (Å²) < 4.78 is 10.8. The van der Waals surface area contributed by atoms with Crippen LogP contribution in [0.15, 0.2) is 33.6 Å². The molecule has 0 aliphatic carbocycles. The maximum Gasteiger partial charge on any atom is 0.440 e. The van der Waals surface area contributed by atoms with Crippen LogP contribution in [0.3, 0.4) is 0 Å². The summed E-state index contributed by atoms with van der Waals surface area (Å²) in [6.07, 6.45) is 1.76. The van der Waals surface area contributed by atoms with Crippen LogP contribution in [0.1, 0.15) is 40.6 Å². The van der Waals surface area contributed by atoms with Gasteiger partial charge in [0.2, 0.25) is 0 Å². The van der Waals surface area contributed by atoms with E-state index in [-0.39, 0.29) is 5.69 Å². The zero-order valence-electron chi connectivity index (χ0n) is 12.9. The van der Waals surface area contributed by atoms with Gasteiger partial charge < -0.3 is 10.1 Å². The summed E-state index contributed by atoms with van der Waals surface area (Å²) >= 11 is 0. The van der Waals surface area contributed by atoms with Gasteiger partial charge in [-0.15, -0.1) is 0 Å². The highest BCUT2D eigenvalue weighted by Gasteiger charge is 2.26. The molecule has 0 unspecified atom stereocenters. The first-order valence-electron chi connectivity index (χ1n) is 7.19. The summed E-state index contributed by atoms with van der Waals surface area (Å²) in [6.45, 7) is 2.39. The first-order valence-corrected chi connectivity index (χ1v) is 7.19. The molecule has 2 N–H and O–H groups in total. The minimum absolute atomic E-state index is 0.159. The predicted octanol–water partition coefficient (Wildman–Crippen LogP) is 1.00. The third kappa shape index (κ3) is 4.06. The number of rotatable bonds is 6. The van der Waals surface area contributed by atoms with Crippen molar-refractivity contribution in [2.45, 2.75) is 19.8 Å². The van der Waals surface area contributed by atoms with Gasteiger partial charge in [0.25, 0.3) is 0 Å². The first kappa shape index (κ1) is 16.5. The molecule has 8 nitrogen and oxygen atoms in total. The average Bonchev–Trinajstić information content (AvgIpc) is 2.87. The lowest BCUT2D eigenvalue weighted by atomic mass is 10.2. The van der Waals surface area contributed by atoms with Crippen LogP contribution in [-0.4, -0.2) is 23.8 Å². The third-order valence-corrected chi connectivity index (χ3v) is 3.13. The average molecular weight is 320 g/mol. The molecule has 23 heavy (non-hydrogen) atoms. The smallest absolute Gasteiger partial charge is 0.440 e. The number of H-pyrrole nitrogens is 1. The maximum atomic E-state index is 12.0. The molecule has 0 aliphatic heterocycles. The molecule has 0 atom stereocenters. The number of amides is 1. The second-order valence-corrected chi connectivity index (χ2v) is 4.91. The molecule has 0 fully saturated rings. The fourth-order valence-corrected chi connectivity index (χ4v) is 1.86. The number of hydrogen-bond acceptors (Lipinski definition) is 5. The van der Waals surface area contributed by atoms with E-state index in [9.17, 15) is 14.4 Å². The molecule has 1 amide bonds. The second-order valence-electron chi connectivity index (χ2n) is 4.91. The number of aromatic nitrogens is 2. The predicted molar refractivity (Wildman–Crippen MR) is 80.1 cm³/mol. The van der Waals surface area contributed by atoms with Gasteiger partial charge in [0, 0.05) is 5.69 Å². The topological polar surface area (TPSA) is 105 Å². The van der Waals surface area contributed by atoms with E-state index in [1.165, 1.54) is 11.7 Å². The Labute approximate surface area is 132 Å². The van der Waals surface area contributed by atoms with Gasteiger partial charge in [0.15, 0.2) is 7.05 Å². The van der Waals surface area contributed by atoms with E-state index in [1.54, 1.807) is 24.3 Å². The molecule has 0 bridgehead atoms. The zero-order chi connectivity index (χ0) is 16.8. The van der Waals surface area contributed by atoms with E-state index in [0.717, 1.165) is 12.8 Å². The van der Waals surface area contributed by atoms with Crippen molar-refractivity contribution in [2.75, 3.05) is 11.9 Å². The van der Waals surface area contributed by atoms with Crippen LogP contribution >= 0.6 is 0 Å². The van der Waals surface area contributed by atoms with Crippen LogP contribution in [0.4, 0.5) is 5.69 Å². The van der Waals surface area contributed by atoms with Gasteiger partial charge in [0.1, 0.15) is 0 Å². The fourth-order valence-electron chi connectivity index (χ4n) is 1.86. The van der Waals surface area contributed by atoms with Crippen LogP contribution in [0.2, 0.25) is 0 Å². The molecule has 2 aromatic rings. The van der Waals surface area contributed by atoms with E-state index < -0.39 is 17.5 Å². The zero-order valence-corrected chi connectivity index (χ0v) is 12.9. The molecule has 0 radical (unpaired) electrons. The van der Waals surface area contributed by atoms with Gasteiger partial charge in [-0.25, -0.2) is 9.59 Å². The van der Waals surface area contributed by atoms with Crippen LogP contribution in [0, 0.1) is 0 Å². The third-order valence-electron chi connectivity index (χ3n) is 3.13. The number of nitrogens with zero attached hydrogens (tertiary/aromatic N) is 1. The van der Waals surface area contributed by atoms with Gasteiger partial charge >= 0.3 is 23.2 Å². The molecule has 0 saturated heterocycles. The number of benzene rings is 1. The molecule has 1 heterocycles. The quantitative estimate of drug-likeness (QED) is 0.469. The normalized spacial score (nSPS) is 10.3.